The lowest BCUT2D eigenvalue weighted by Crippen LogP contribution is -2.60. The maximum absolute atomic E-state index is 12.4. The average Bonchev–Trinajstić information content (AvgIpc) is 3.41. The molecule has 8 aliphatic rings. The quantitative estimate of drug-likeness (QED) is 0.372. The summed E-state index contributed by atoms with van der Waals surface area (Å²) in [5, 5.41) is 34.1. The van der Waals surface area contributed by atoms with Crippen molar-refractivity contribution >= 4 is 5.97 Å². The van der Waals surface area contributed by atoms with Gasteiger partial charge in [-0.1, -0.05) is 34.6 Å². The molecule has 0 aromatic heterocycles. The van der Waals surface area contributed by atoms with E-state index >= 15 is 0 Å². The Labute approximate surface area is 281 Å². The minimum absolute atomic E-state index is 0.00728. The molecule has 9 heteroatoms. The Bertz CT molecular complexity index is 1270. The summed E-state index contributed by atoms with van der Waals surface area (Å²) in [7, 11) is 0. The molecule has 3 saturated heterocycles. The fraction of sp³-hybridized carbons (Fsp3) is 0.974. The van der Waals surface area contributed by atoms with Crippen molar-refractivity contribution < 1.29 is 39.1 Å². The Morgan fingerprint density at radius 1 is 1.00 bits per heavy atom. The summed E-state index contributed by atoms with van der Waals surface area (Å²) in [6, 6.07) is -0.173. The Balaban J connectivity index is 1.02. The molecule has 8 fully saturated rings. The van der Waals surface area contributed by atoms with Crippen molar-refractivity contribution in [1.29, 1.82) is 0 Å². The van der Waals surface area contributed by atoms with Crippen LogP contribution in [0.3, 0.4) is 0 Å². The van der Waals surface area contributed by atoms with E-state index in [1.165, 1.54) is 12.8 Å². The van der Waals surface area contributed by atoms with Crippen LogP contribution >= 0.6 is 0 Å². The van der Waals surface area contributed by atoms with Gasteiger partial charge in [0, 0.05) is 18.4 Å². The topological polar surface area (TPSA) is 118 Å². The van der Waals surface area contributed by atoms with Crippen molar-refractivity contribution in [1.82, 2.24) is 4.90 Å². The number of cyclic esters (lactones) is 1. The van der Waals surface area contributed by atoms with E-state index in [1.807, 2.05) is 0 Å². The van der Waals surface area contributed by atoms with Crippen LogP contribution in [0.4, 0.5) is 0 Å². The molecule has 9 nitrogen and oxygen atoms in total. The SMILES string of the molecule is CC1CC(C(O)C(C)(C)O)OC2C1C1(C)CCC34CC35CCC(OC3CN(C6CCOC6=O)CCO3)C(C)(C)C5CCC4C1(C)C2O. The molecule has 0 aromatic rings. The number of carbonyl (C=O) groups is 1. The average molecular weight is 660 g/mol. The molecule has 0 radical (unpaired) electrons. The molecule has 15 unspecified atom stereocenters. The van der Waals surface area contributed by atoms with Gasteiger partial charge >= 0.3 is 5.97 Å². The van der Waals surface area contributed by atoms with Gasteiger partial charge in [-0.05, 0) is 111 Å². The number of morpholine rings is 1. The van der Waals surface area contributed by atoms with E-state index in [-0.39, 0.29) is 63.5 Å². The van der Waals surface area contributed by atoms with Gasteiger partial charge in [-0.15, -0.1) is 0 Å². The molecule has 3 N–H and O–H groups in total. The number of hydrogen-bond donors (Lipinski definition) is 3. The molecule has 266 valence electrons. The van der Waals surface area contributed by atoms with Gasteiger partial charge in [-0.3, -0.25) is 9.69 Å². The Hall–Kier alpha value is -0.810. The number of fused-ring (bicyclic) bond motifs is 4. The molecule has 0 bridgehead atoms. The van der Waals surface area contributed by atoms with Crippen LogP contribution in [0, 0.1) is 50.7 Å². The standard InChI is InChI=1S/C38H61NO8/c1-21-18-23(30(40)34(4,5)43)46-29-28(21)35(6)13-14-38-20-37(38)12-10-26(33(2,3)24(37)8-9-25(38)36(35,7)31(29)41)47-27-19-39(15-17-44-27)22-11-16-45-32(22)42/h21-31,40-41,43H,8-20H2,1-7H3. The van der Waals surface area contributed by atoms with Crippen LogP contribution in [-0.2, 0) is 23.7 Å². The highest BCUT2D eigenvalue weighted by atomic mass is 16.7. The largest absolute Gasteiger partial charge is 0.464 e. The minimum atomic E-state index is -1.26. The van der Waals surface area contributed by atoms with Crippen LogP contribution in [0.15, 0.2) is 0 Å². The second-order valence-corrected chi connectivity index (χ2v) is 19.0. The maximum atomic E-state index is 12.4. The lowest BCUT2D eigenvalue weighted by Gasteiger charge is -2.64. The summed E-state index contributed by atoms with van der Waals surface area (Å²) in [5.41, 5.74) is -1.04. The molecule has 0 amide bonds. The molecular formula is C38H61NO8. The zero-order chi connectivity index (χ0) is 33.5. The van der Waals surface area contributed by atoms with Crippen molar-refractivity contribution in [2.75, 3.05) is 26.3 Å². The molecule has 3 heterocycles. The summed E-state index contributed by atoms with van der Waals surface area (Å²) in [5.74, 6) is 1.41. The van der Waals surface area contributed by atoms with E-state index in [4.69, 9.17) is 18.9 Å². The number of esters is 1. The Morgan fingerprint density at radius 3 is 2.43 bits per heavy atom. The number of carbonyl (C=O) groups excluding carboxylic acids is 1. The number of aliphatic hydroxyl groups is 3. The van der Waals surface area contributed by atoms with E-state index in [2.05, 4.69) is 39.5 Å². The van der Waals surface area contributed by atoms with E-state index in [9.17, 15) is 20.1 Å². The highest BCUT2D eigenvalue weighted by molar-refractivity contribution is 5.77. The first-order chi connectivity index (χ1) is 22.0. The van der Waals surface area contributed by atoms with Gasteiger partial charge < -0.3 is 34.3 Å². The summed E-state index contributed by atoms with van der Waals surface area (Å²) < 4.78 is 24.9. The van der Waals surface area contributed by atoms with E-state index in [0.29, 0.717) is 43.9 Å². The fourth-order valence-electron chi connectivity index (χ4n) is 14.2. The smallest absolute Gasteiger partial charge is 0.323 e. The molecule has 2 spiro atoms. The van der Waals surface area contributed by atoms with Crippen LogP contribution in [-0.4, -0.2) is 101 Å². The normalized spacial score (nSPS) is 54.4. The van der Waals surface area contributed by atoms with E-state index < -0.39 is 23.9 Å². The Morgan fingerprint density at radius 2 is 1.72 bits per heavy atom. The first-order valence-corrected chi connectivity index (χ1v) is 18.9. The molecule has 5 saturated carbocycles. The molecular weight excluding hydrogens is 598 g/mol. The van der Waals surface area contributed by atoms with Crippen molar-refractivity contribution in [2.24, 2.45) is 50.7 Å². The highest BCUT2D eigenvalue weighted by Gasteiger charge is 2.84. The second kappa shape index (κ2) is 10.6. The summed E-state index contributed by atoms with van der Waals surface area (Å²) in [6.07, 6.45) is 6.87. The minimum Gasteiger partial charge on any atom is -0.464 e. The summed E-state index contributed by atoms with van der Waals surface area (Å²) in [6.45, 7) is 17.7. The lowest BCUT2D eigenvalue weighted by molar-refractivity contribution is -0.250. The van der Waals surface area contributed by atoms with Crippen LogP contribution in [0.25, 0.3) is 0 Å². The molecule has 5 aliphatic carbocycles. The van der Waals surface area contributed by atoms with Crippen molar-refractivity contribution in [2.45, 2.75) is 155 Å². The number of nitrogens with zero attached hydrogens (tertiary/aromatic N) is 1. The fourth-order valence-corrected chi connectivity index (χ4v) is 14.2. The van der Waals surface area contributed by atoms with Crippen LogP contribution < -0.4 is 0 Å². The summed E-state index contributed by atoms with van der Waals surface area (Å²) >= 11 is 0. The Kier molecular flexibility index (Phi) is 7.53. The third-order valence-corrected chi connectivity index (χ3v) is 16.6. The van der Waals surface area contributed by atoms with Crippen molar-refractivity contribution in [3.8, 4) is 0 Å². The predicted molar refractivity (Wildman–Crippen MR) is 174 cm³/mol. The second-order valence-electron chi connectivity index (χ2n) is 19.0. The van der Waals surface area contributed by atoms with E-state index in [1.54, 1.807) is 13.8 Å². The highest BCUT2D eigenvalue weighted by Crippen LogP contribution is 2.89. The number of hydrogen-bond acceptors (Lipinski definition) is 9. The number of rotatable bonds is 5. The number of ether oxygens (including phenoxy) is 4. The van der Waals surface area contributed by atoms with Gasteiger partial charge in [0.1, 0.15) is 12.1 Å². The molecule has 47 heavy (non-hydrogen) atoms. The van der Waals surface area contributed by atoms with Gasteiger partial charge in [-0.25, -0.2) is 0 Å². The third kappa shape index (κ3) is 4.35. The third-order valence-electron chi connectivity index (χ3n) is 16.6. The lowest BCUT2D eigenvalue weighted by atomic mass is 9.41. The van der Waals surface area contributed by atoms with Crippen LogP contribution in [0.5, 0.6) is 0 Å². The van der Waals surface area contributed by atoms with Gasteiger partial charge in [0.15, 0.2) is 6.29 Å². The van der Waals surface area contributed by atoms with E-state index in [0.717, 1.165) is 45.1 Å². The van der Waals surface area contributed by atoms with Crippen molar-refractivity contribution in [3.05, 3.63) is 0 Å². The first kappa shape index (κ1) is 33.3. The van der Waals surface area contributed by atoms with Crippen LogP contribution in [0.1, 0.15) is 106 Å². The monoisotopic (exact) mass is 659 g/mol. The van der Waals surface area contributed by atoms with Gasteiger partial charge in [0.05, 0.1) is 49.8 Å². The van der Waals surface area contributed by atoms with Gasteiger partial charge in [-0.2, -0.15) is 0 Å². The number of aliphatic hydroxyl groups excluding tert-OH is 2. The molecule has 8 rings (SSSR count). The molecule has 0 aromatic carbocycles. The zero-order valence-electron chi connectivity index (χ0n) is 29.9. The van der Waals surface area contributed by atoms with Crippen LogP contribution in [0.2, 0.25) is 0 Å². The van der Waals surface area contributed by atoms with Crippen molar-refractivity contribution in [3.63, 3.8) is 0 Å². The summed E-state index contributed by atoms with van der Waals surface area (Å²) in [4.78, 5) is 14.5. The first-order valence-electron chi connectivity index (χ1n) is 18.9. The maximum Gasteiger partial charge on any atom is 0.323 e. The zero-order valence-corrected chi connectivity index (χ0v) is 29.9. The van der Waals surface area contributed by atoms with Gasteiger partial charge in [0.2, 0.25) is 0 Å². The molecule has 3 aliphatic heterocycles. The van der Waals surface area contributed by atoms with Gasteiger partial charge in [0.25, 0.3) is 0 Å². The molecule has 15 atom stereocenters. The predicted octanol–water partition coefficient (Wildman–Crippen LogP) is 4.29.